The molecule has 10 heteroatoms. The molecule has 2 N–H and O–H groups in total. The lowest BCUT2D eigenvalue weighted by Gasteiger charge is -2.24. The Labute approximate surface area is 170 Å². The monoisotopic (exact) mass is 444 g/mol. The van der Waals surface area contributed by atoms with Gasteiger partial charge in [-0.1, -0.05) is 0 Å². The summed E-state index contributed by atoms with van der Waals surface area (Å²) in [6.07, 6.45) is 8.69. The maximum atomic E-state index is 12.2. The second-order valence-corrected chi connectivity index (χ2v) is 7.92. The Bertz CT molecular complexity index is 1080. The van der Waals surface area contributed by atoms with E-state index in [9.17, 15) is 4.79 Å². The zero-order chi connectivity index (χ0) is 20.0. The Kier molecular flexibility index (Phi) is 4.66. The molecule has 1 aliphatic heterocycles. The number of carbonyl (C=O) groups is 1. The maximum absolute atomic E-state index is 12.2. The molecule has 0 aliphatic carbocycles. The van der Waals surface area contributed by atoms with Gasteiger partial charge < -0.3 is 10.6 Å². The Balaban J connectivity index is 1.75. The summed E-state index contributed by atoms with van der Waals surface area (Å²) in [7, 11) is 5.36. The van der Waals surface area contributed by atoms with Gasteiger partial charge in [0.05, 0.1) is 22.6 Å². The number of nitrogens with zero attached hydrogens (tertiary/aromatic N) is 7. The topological polar surface area (TPSA) is 107 Å². The highest BCUT2D eigenvalue weighted by Gasteiger charge is 2.28. The van der Waals surface area contributed by atoms with Gasteiger partial charge in [0.2, 0.25) is 5.91 Å². The molecule has 4 rings (SSSR count). The van der Waals surface area contributed by atoms with Crippen molar-refractivity contribution < 1.29 is 4.79 Å². The molecule has 146 valence electrons. The first-order valence-corrected chi connectivity index (χ1v) is 9.72. The normalized spacial score (nSPS) is 19.3. The standard InChI is InChI=1S/C18H21BrN8O/c1-25(2)18(28)13-5-4-10(6-21-13)15-14(19)16(20)27-17(24-15)12(8-23-27)11-7-22-26(3)9-11/h6-10,13H,4-5,20H2,1-3H3/t10-,13-/m0/s1. The number of hydrogen-bond donors (Lipinski definition) is 1. The lowest BCUT2D eigenvalue weighted by Crippen LogP contribution is -2.34. The zero-order valence-electron chi connectivity index (χ0n) is 15.9. The van der Waals surface area contributed by atoms with E-state index in [0.29, 0.717) is 22.4 Å². The number of anilines is 1. The van der Waals surface area contributed by atoms with E-state index in [4.69, 9.17) is 10.7 Å². The van der Waals surface area contributed by atoms with E-state index in [1.54, 1.807) is 40.6 Å². The van der Waals surface area contributed by atoms with Gasteiger partial charge in [0.15, 0.2) is 5.65 Å². The Morgan fingerprint density at radius 2 is 2.07 bits per heavy atom. The molecule has 1 amide bonds. The van der Waals surface area contributed by atoms with Crippen LogP contribution in [0.25, 0.3) is 16.8 Å². The van der Waals surface area contributed by atoms with Crippen molar-refractivity contribution in [2.75, 3.05) is 19.8 Å². The Morgan fingerprint density at radius 1 is 1.29 bits per heavy atom. The van der Waals surface area contributed by atoms with Crippen LogP contribution in [0.15, 0.2) is 28.1 Å². The summed E-state index contributed by atoms with van der Waals surface area (Å²) < 4.78 is 4.06. The lowest BCUT2D eigenvalue weighted by atomic mass is 9.94. The number of aromatic nitrogens is 5. The van der Waals surface area contributed by atoms with Gasteiger partial charge in [-0.2, -0.15) is 14.7 Å². The molecule has 0 aromatic carbocycles. The van der Waals surface area contributed by atoms with Gasteiger partial charge >= 0.3 is 0 Å². The van der Waals surface area contributed by atoms with E-state index < -0.39 is 0 Å². The Hall–Kier alpha value is -2.75. The molecule has 0 bridgehead atoms. The molecule has 2 atom stereocenters. The van der Waals surface area contributed by atoms with Crippen LogP contribution >= 0.6 is 15.9 Å². The summed E-state index contributed by atoms with van der Waals surface area (Å²) in [5, 5.41) is 8.61. The Morgan fingerprint density at radius 3 is 2.68 bits per heavy atom. The van der Waals surface area contributed by atoms with E-state index in [1.807, 2.05) is 19.5 Å². The fourth-order valence-corrected chi connectivity index (χ4v) is 3.96. The number of amides is 1. The number of halogens is 1. The van der Waals surface area contributed by atoms with Crippen molar-refractivity contribution in [3.05, 3.63) is 28.8 Å². The molecule has 0 saturated heterocycles. The van der Waals surface area contributed by atoms with Crippen molar-refractivity contribution in [3.63, 3.8) is 0 Å². The third-order valence-corrected chi connectivity index (χ3v) is 5.75. The first kappa shape index (κ1) is 18.6. The molecular weight excluding hydrogens is 424 g/mol. The van der Waals surface area contributed by atoms with Crippen molar-refractivity contribution in [1.82, 2.24) is 29.3 Å². The van der Waals surface area contributed by atoms with Crippen LogP contribution in [0.4, 0.5) is 5.82 Å². The number of nitrogens with two attached hydrogens (primary N) is 1. The van der Waals surface area contributed by atoms with Gasteiger partial charge in [-0.05, 0) is 28.8 Å². The summed E-state index contributed by atoms with van der Waals surface area (Å²) in [5.41, 5.74) is 9.58. The van der Waals surface area contributed by atoms with Crippen LogP contribution in [0.2, 0.25) is 0 Å². The minimum atomic E-state index is -0.327. The van der Waals surface area contributed by atoms with E-state index in [2.05, 4.69) is 31.1 Å². The zero-order valence-corrected chi connectivity index (χ0v) is 17.5. The van der Waals surface area contributed by atoms with E-state index in [-0.39, 0.29) is 17.9 Å². The second kappa shape index (κ2) is 7.01. The number of likely N-dealkylation sites (N-methyl/N-ethyl adjacent to an activating group) is 1. The first-order chi connectivity index (χ1) is 13.4. The lowest BCUT2D eigenvalue weighted by molar-refractivity contribution is -0.130. The summed E-state index contributed by atoms with van der Waals surface area (Å²) in [6.45, 7) is 0. The average Bonchev–Trinajstić information content (AvgIpc) is 3.30. The van der Waals surface area contributed by atoms with Crippen molar-refractivity contribution in [2.45, 2.75) is 24.8 Å². The van der Waals surface area contributed by atoms with E-state index in [1.165, 1.54) is 0 Å². The van der Waals surface area contributed by atoms with Gasteiger partial charge in [0.1, 0.15) is 11.9 Å². The molecule has 0 radical (unpaired) electrons. The molecule has 28 heavy (non-hydrogen) atoms. The van der Waals surface area contributed by atoms with Crippen LogP contribution in [0.1, 0.15) is 24.5 Å². The molecule has 3 aromatic heterocycles. The number of nitrogen functional groups attached to an aromatic ring is 1. The minimum absolute atomic E-state index is 0.0198. The summed E-state index contributed by atoms with van der Waals surface area (Å²) in [6, 6.07) is -0.327. The SMILES string of the molecule is CN(C)C(=O)[C@@H]1CC[C@H](c2nc3c(-c4cnn(C)c4)cnn3c(N)c2Br)C=N1. The molecule has 3 aromatic rings. The van der Waals surface area contributed by atoms with Crippen molar-refractivity contribution in [1.29, 1.82) is 0 Å². The van der Waals surface area contributed by atoms with Gasteiger partial charge in [0.25, 0.3) is 0 Å². The van der Waals surface area contributed by atoms with Gasteiger partial charge in [0, 0.05) is 50.6 Å². The van der Waals surface area contributed by atoms with Crippen LogP contribution in [0.5, 0.6) is 0 Å². The van der Waals surface area contributed by atoms with Gasteiger partial charge in [-0.15, -0.1) is 0 Å². The largest absolute Gasteiger partial charge is 0.383 e. The van der Waals surface area contributed by atoms with E-state index >= 15 is 0 Å². The van der Waals surface area contributed by atoms with Crippen LogP contribution in [0, 0.1) is 0 Å². The molecule has 4 heterocycles. The number of fused-ring (bicyclic) bond motifs is 1. The fraction of sp³-hybridized carbons (Fsp3) is 0.389. The van der Waals surface area contributed by atoms with Crippen LogP contribution < -0.4 is 5.73 Å². The highest BCUT2D eigenvalue weighted by Crippen LogP contribution is 2.35. The molecule has 9 nitrogen and oxygen atoms in total. The molecule has 0 spiro atoms. The number of aryl methyl sites for hydroxylation is 1. The summed E-state index contributed by atoms with van der Waals surface area (Å²) >= 11 is 3.57. The smallest absolute Gasteiger partial charge is 0.246 e. The molecular formula is C18H21BrN8O. The quantitative estimate of drug-likeness (QED) is 0.663. The van der Waals surface area contributed by atoms with Gasteiger partial charge in [-0.25, -0.2) is 4.98 Å². The maximum Gasteiger partial charge on any atom is 0.246 e. The number of aliphatic imine (C=N–C) groups is 1. The number of hydrogen-bond acceptors (Lipinski definition) is 6. The summed E-state index contributed by atoms with van der Waals surface area (Å²) in [4.78, 5) is 23.1. The van der Waals surface area contributed by atoms with Crippen molar-refractivity contribution >= 4 is 39.5 Å². The predicted octanol–water partition coefficient (Wildman–Crippen LogP) is 1.88. The highest BCUT2D eigenvalue weighted by molar-refractivity contribution is 9.10. The van der Waals surface area contributed by atoms with Crippen LogP contribution in [-0.2, 0) is 11.8 Å². The minimum Gasteiger partial charge on any atom is -0.383 e. The van der Waals surface area contributed by atoms with Crippen molar-refractivity contribution in [2.24, 2.45) is 12.0 Å². The van der Waals surface area contributed by atoms with Crippen molar-refractivity contribution in [3.8, 4) is 11.1 Å². The van der Waals surface area contributed by atoms with E-state index in [0.717, 1.165) is 23.2 Å². The molecule has 0 fully saturated rings. The van der Waals surface area contributed by atoms with Crippen LogP contribution in [0.3, 0.4) is 0 Å². The van der Waals surface area contributed by atoms with Gasteiger partial charge in [-0.3, -0.25) is 14.5 Å². The third-order valence-electron chi connectivity index (χ3n) is 4.94. The highest BCUT2D eigenvalue weighted by atomic mass is 79.9. The molecule has 0 unspecified atom stereocenters. The predicted molar refractivity (Wildman–Crippen MR) is 110 cm³/mol. The third kappa shape index (κ3) is 3.07. The second-order valence-electron chi connectivity index (χ2n) is 7.12. The molecule has 1 aliphatic rings. The van der Waals surface area contributed by atoms with Crippen LogP contribution in [-0.4, -0.2) is 61.5 Å². The summed E-state index contributed by atoms with van der Waals surface area (Å²) in [5.74, 6) is 0.478. The number of rotatable bonds is 3. The molecule has 0 saturated carbocycles. The fourth-order valence-electron chi connectivity index (χ4n) is 3.41. The first-order valence-electron chi connectivity index (χ1n) is 8.93. The average molecular weight is 445 g/mol. The number of carbonyl (C=O) groups excluding carboxylic acids is 1.